The lowest BCUT2D eigenvalue weighted by Gasteiger charge is -2.07. The highest BCUT2D eigenvalue weighted by atomic mass is 16.1. The summed E-state index contributed by atoms with van der Waals surface area (Å²) in [7, 11) is 0. The molecule has 3 rings (SSSR count). The first-order chi connectivity index (χ1) is 10.3. The van der Waals surface area contributed by atoms with Crippen molar-refractivity contribution < 1.29 is 4.79 Å². The predicted molar refractivity (Wildman–Crippen MR) is 84.5 cm³/mol. The highest BCUT2D eigenvalue weighted by molar-refractivity contribution is 6.08. The van der Waals surface area contributed by atoms with Crippen LogP contribution in [0.4, 0.5) is 5.69 Å². The van der Waals surface area contributed by atoms with Gasteiger partial charge in [0.25, 0.3) is 5.91 Å². The topological polar surface area (TPSA) is 57.8 Å². The van der Waals surface area contributed by atoms with Crippen molar-refractivity contribution >= 4 is 22.4 Å². The third-order valence-corrected chi connectivity index (χ3v) is 3.42. The summed E-state index contributed by atoms with van der Waals surface area (Å²) in [5, 5.41) is 12.0. The van der Waals surface area contributed by atoms with Gasteiger partial charge in [0.15, 0.2) is 5.69 Å². The first-order valence-electron chi connectivity index (χ1n) is 7.11. The minimum atomic E-state index is -0.190. The maximum atomic E-state index is 12.3. The van der Waals surface area contributed by atoms with E-state index < -0.39 is 0 Å². The molecule has 4 nitrogen and oxygen atoms in total. The van der Waals surface area contributed by atoms with Crippen LogP contribution in [0.25, 0.3) is 10.8 Å². The first-order valence-corrected chi connectivity index (χ1v) is 7.11. The summed E-state index contributed by atoms with van der Waals surface area (Å²) in [6, 6.07) is 15.6. The summed E-state index contributed by atoms with van der Waals surface area (Å²) in [6.45, 7) is 2.09. The van der Waals surface area contributed by atoms with E-state index in [4.69, 9.17) is 0 Å². The Morgan fingerprint density at radius 2 is 2.00 bits per heavy atom. The second-order valence-electron chi connectivity index (χ2n) is 5.01. The number of nitrogens with zero attached hydrogens (tertiary/aromatic N) is 1. The molecule has 0 saturated heterocycles. The third kappa shape index (κ3) is 2.79. The van der Waals surface area contributed by atoms with Crippen molar-refractivity contribution in [3.8, 4) is 0 Å². The zero-order valence-electron chi connectivity index (χ0n) is 11.9. The van der Waals surface area contributed by atoms with Gasteiger partial charge in [-0.25, -0.2) is 0 Å². The Labute approximate surface area is 123 Å². The summed E-state index contributed by atoms with van der Waals surface area (Å²) < 4.78 is 0. The number of aromatic amines is 1. The number of carbonyl (C=O) groups excluding carboxylic acids is 1. The molecular weight excluding hydrogens is 262 g/mol. The lowest BCUT2D eigenvalue weighted by molar-refractivity contribution is 0.102. The van der Waals surface area contributed by atoms with Crippen LogP contribution in [0.3, 0.4) is 0 Å². The molecule has 21 heavy (non-hydrogen) atoms. The number of rotatable bonds is 4. The van der Waals surface area contributed by atoms with Gasteiger partial charge in [-0.1, -0.05) is 49.7 Å². The van der Waals surface area contributed by atoms with Crippen molar-refractivity contribution in [3.63, 3.8) is 0 Å². The van der Waals surface area contributed by atoms with Gasteiger partial charge in [-0.3, -0.25) is 9.89 Å². The van der Waals surface area contributed by atoms with Crippen LogP contribution in [0, 0.1) is 0 Å². The van der Waals surface area contributed by atoms with Gasteiger partial charge in [-0.05, 0) is 23.9 Å². The van der Waals surface area contributed by atoms with Crippen molar-refractivity contribution in [2.24, 2.45) is 0 Å². The quantitative estimate of drug-likeness (QED) is 0.763. The van der Waals surface area contributed by atoms with Gasteiger partial charge in [0.05, 0.1) is 0 Å². The standard InChI is InChI=1S/C17H17N3O/c1-2-6-13-11-16(20-19-13)17(21)18-15-10-5-8-12-7-3-4-9-14(12)15/h3-5,7-11H,2,6H2,1H3,(H,18,21)(H,19,20). The monoisotopic (exact) mass is 279 g/mol. The zero-order valence-corrected chi connectivity index (χ0v) is 11.9. The minimum absolute atomic E-state index is 0.190. The fourth-order valence-corrected chi connectivity index (χ4v) is 2.40. The van der Waals surface area contributed by atoms with Crippen LogP contribution in [0.1, 0.15) is 29.5 Å². The molecule has 0 saturated carbocycles. The SMILES string of the molecule is CCCc1cc(C(=O)Nc2cccc3ccccc23)n[nH]1. The summed E-state index contributed by atoms with van der Waals surface area (Å²) in [6.07, 6.45) is 1.92. The van der Waals surface area contributed by atoms with Crippen molar-refractivity contribution in [2.75, 3.05) is 5.32 Å². The Hall–Kier alpha value is -2.62. The molecule has 0 bridgehead atoms. The van der Waals surface area contributed by atoms with E-state index in [1.165, 1.54) is 0 Å². The second kappa shape index (κ2) is 5.79. The number of amides is 1. The first kappa shape index (κ1) is 13.4. The van der Waals surface area contributed by atoms with Crippen LogP contribution in [0.15, 0.2) is 48.5 Å². The number of aromatic nitrogens is 2. The van der Waals surface area contributed by atoms with E-state index >= 15 is 0 Å². The van der Waals surface area contributed by atoms with E-state index in [2.05, 4.69) is 22.4 Å². The molecule has 1 aromatic heterocycles. The summed E-state index contributed by atoms with van der Waals surface area (Å²) in [5.41, 5.74) is 2.21. The molecule has 1 heterocycles. The average Bonchev–Trinajstić information content (AvgIpc) is 2.97. The van der Waals surface area contributed by atoms with Crippen molar-refractivity contribution in [3.05, 3.63) is 59.9 Å². The number of hydrogen-bond acceptors (Lipinski definition) is 2. The Balaban J connectivity index is 1.85. The number of benzene rings is 2. The number of aryl methyl sites for hydroxylation is 1. The Morgan fingerprint density at radius 1 is 1.19 bits per heavy atom. The van der Waals surface area contributed by atoms with E-state index in [0.29, 0.717) is 5.69 Å². The van der Waals surface area contributed by atoms with Crippen LogP contribution in [-0.4, -0.2) is 16.1 Å². The number of fused-ring (bicyclic) bond motifs is 1. The van der Waals surface area contributed by atoms with Crippen LogP contribution < -0.4 is 5.32 Å². The molecule has 2 aromatic carbocycles. The van der Waals surface area contributed by atoms with Crippen molar-refractivity contribution in [2.45, 2.75) is 19.8 Å². The largest absolute Gasteiger partial charge is 0.320 e. The molecule has 0 atom stereocenters. The van der Waals surface area contributed by atoms with Crippen LogP contribution in [0.2, 0.25) is 0 Å². The Kier molecular flexibility index (Phi) is 3.69. The van der Waals surface area contributed by atoms with Crippen molar-refractivity contribution in [1.82, 2.24) is 10.2 Å². The van der Waals surface area contributed by atoms with Gasteiger partial charge >= 0.3 is 0 Å². The van der Waals surface area contributed by atoms with Crippen LogP contribution in [-0.2, 0) is 6.42 Å². The maximum absolute atomic E-state index is 12.3. The molecule has 0 aliphatic heterocycles. The summed E-state index contributed by atoms with van der Waals surface area (Å²) >= 11 is 0. The zero-order chi connectivity index (χ0) is 14.7. The number of nitrogens with one attached hydrogen (secondary N) is 2. The normalized spacial score (nSPS) is 10.7. The van der Waals surface area contributed by atoms with Gasteiger partial charge in [0.2, 0.25) is 0 Å². The van der Waals surface area contributed by atoms with Gasteiger partial charge in [0.1, 0.15) is 0 Å². The molecule has 2 N–H and O–H groups in total. The van der Waals surface area contributed by atoms with E-state index in [1.54, 1.807) is 0 Å². The van der Waals surface area contributed by atoms with Crippen molar-refractivity contribution in [1.29, 1.82) is 0 Å². The smallest absolute Gasteiger partial charge is 0.276 e. The molecule has 106 valence electrons. The number of carbonyl (C=O) groups is 1. The summed E-state index contributed by atoms with van der Waals surface area (Å²) in [5.74, 6) is -0.190. The second-order valence-corrected chi connectivity index (χ2v) is 5.01. The fraction of sp³-hybridized carbons (Fsp3) is 0.176. The lowest BCUT2D eigenvalue weighted by Crippen LogP contribution is -2.12. The average molecular weight is 279 g/mol. The molecule has 4 heteroatoms. The van der Waals surface area contributed by atoms with Crippen LogP contribution >= 0.6 is 0 Å². The van der Waals surface area contributed by atoms with Gasteiger partial charge in [-0.15, -0.1) is 0 Å². The molecule has 0 spiro atoms. The Morgan fingerprint density at radius 3 is 2.86 bits per heavy atom. The Bertz CT molecular complexity index is 771. The van der Waals surface area contributed by atoms with E-state index in [0.717, 1.165) is 35.0 Å². The van der Waals surface area contributed by atoms with E-state index in [-0.39, 0.29) is 5.91 Å². The van der Waals surface area contributed by atoms with E-state index in [1.807, 2.05) is 48.5 Å². The molecule has 0 aliphatic rings. The minimum Gasteiger partial charge on any atom is -0.320 e. The van der Waals surface area contributed by atoms with Gasteiger partial charge in [0, 0.05) is 16.8 Å². The van der Waals surface area contributed by atoms with Crippen LogP contribution in [0.5, 0.6) is 0 Å². The molecular formula is C17H17N3O. The summed E-state index contributed by atoms with van der Waals surface area (Å²) in [4.78, 5) is 12.3. The highest BCUT2D eigenvalue weighted by Gasteiger charge is 2.11. The highest BCUT2D eigenvalue weighted by Crippen LogP contribution is 2.23. The predicted octanol–water partition coefficient (Wildman–Crippen LogP) is 3.77. The number of anilines is 1. The lowest BCUT2D eigenvalue weighted by atomic mass is 10.1. The molecule has 3 aromatic rings. The molecule has 0 fully saturated rings. The molecule has 0 aliphatic carbocycles. The maximum Gasteiger partial charge on any atom is 0.276 e. The fourth-order valence-electron chi connectivity index (χ4n) is 2.40. The number of H-pyrrole nitrogens is 1. The number of hydrogen-bond donors (Lipinski definition) is 2. The molecule has 1 amide bonds. The van der Waals surface area contributed by atoms with Gasteiger partial charge in [-0.2, -0.15) is 5.10 Å². The van der Waals surface area contributed by atoms with E-state index in [9.17, 15) is 4.79 Å². The van der Waals surface area contributed by atoms with Gasteiger partial charge < -0.3 is 5.32 Å². The molecule has 0 radical (unpaired) electrons. The third-order valence-electron chi connectivity index (χ3n) is 3.42. The molecule has 0 unspecified atom stereocenters.